The molecular weight excluding hydrogens is 639 g/mol. The summed E-state index contributed by atoms with van der Waals surface area (Å²) in [4.78, 5) is 2.31. The van der Waals surface area contributed by atoms with Gasteiger partial charge in [-0.05, 0) is 117 Å². The summed E-state index contributed by atoms with van der Waals surface area (Å²) >= 11 is 0. The molecule has 1 aliphatic rings. The van der Waals surface area contributed by atoms with Crippen LogP contribution in [0, 0.1) is 5.41 Å². The molecule has 0 aromatic heterocycles. The molecule has 1 rings (SSSR count). The van der Waals surface area contributed by atoms with Crippen LogP contribution in [0.3, 0.4) is 0 Å². The van der Waals surface area contributed by atoms with E-state index in [-0.39, 0.29) is 23.2 Å². The van der Waals surface area contributed by atoms with Gasteiger partial charge in [-0.1, -0.05) is 153 Å². The smallest absolute Gasteiger partial charge is 0.280 e. The SMILES string of the molecule is CCCCC/C=C\C/C=C\CCCCCCCC1OC(C)(OCC(C)(C)CC(C)(C)N(C)C)OC1CCCCCCC/C=C\C/C=C\CCCCC. The lowest BCUT2D eigenvalue weighted by atomic mass is 9.80. The second-order valence-electron chi connectivity index (χ2n) is 17.6. The minimum Gasteiger partial charge on any atom is -0.327 e. The first-order chi connectivity index (χ1) is 24.9. The molecule has 52 heavy (non-hydrogen) atoms. The lowest BCUT2D eigenvalue weighted by Crippen LogP contribution is -2.44. The first kappa shape index (κ1) is 48.8. The van der Waals surface area contributed by atoms with Gasteiger partial charge in [-0.3, -0.25) is 0 Å². The van der Waals surface area contributed by atoms with Crippen molar-refractivity contribution in [2.24, 2.45) is 5.41 Å². The standard InChI is InChI=1S/C48H89NO3/c1-10-12-14-16-18-20-22-24-26-28-30-32-34-36-38-40-44-45(41-39-37-35-33-31-29-27-25-23-21-19-17-15-13-11-2)52-48(7,51-44)50-43-46(3,4)42-47(5,6)49(8)9/h18-21,24-27,44-45H,10-17,22-23,28-43H2,1-9H3/b20-18-,21-19-,26-24-,27-25-. The normalized spacial score (nSPS) is 20.3. The second-order valence-corrected chi connectivity index (χ2v) is 17.6. The van der Waals surface area contributed by atoms with Gasteiger partial charge in [-0.2, -0.15) is 0 Å². The highest BCUT2D eigenvalue weighted by Gasteiger charge is 2.46. The van der Waals surface area contributed by atoms with Crippen LogP contribution in [-0.4, -0.2) is 49.3 Å². The first-order valence-electron chi connectivity index (χ1n) is 22.2. The van der Waals surface area contributed by atoms with Crippen LogP contribution in [0.1, 0.15) is 209 Å². The van der Waals surface area contributed by atoms with Gasteiger partial charge >= 0.3 is 0 Å². The third-order valence-corrected chi connectivity index (χ3v) is 10.9. The summed E-state index contributed by atoms with van der Waals surface area (Å²) in [5.41, 5.74) is 0.107. The van der Waals surface area contributed by atoms with E-state index in [4.69, 9.17) is 14.2 Å². The third kappa shape index (κ3) is 25.8. The molecule has 0 bridgehead atoms. The van der Waals surface area contributed by atoms with Crippen molar-refractivity contribution in [1.29, 1.82) is 0 Å². The molecule has 0 spiro atoms. The Kier molecular flexibility index (Phi) is 28.2. The Morgan fingerprint density at radius 2 is 0.904 bits per heavy atom. The molecule has 304 valence electrons. The molecule has 2 unspecified atom stereocenters. The van der Waals surface area contributed by atoms with Crippen LogP contribution in [-0.2, 0) is 14.2 Å². The predicted molar refractivity (Wildman–Crippen MR) is 229 cm³/mol. The van der Waals surface area contributed by atoms with E-state index in [1.54, 1.807) is 0 Å². The summed E-state index contributed by atoms with van der Waals surface area (Å²) in [6.45, 7) is 16.4. The number of nitrogens with zero attached hydrogens (tertiary/aromatic N) is 1. The quantitative estimate of drug-likeness (QED) is 0.0488. The summed E-state index contributed by atoms with van der Waals surface area (Å²) in [5.74, 6) is -0.955. The van der Waals surface area contributed by atoms with Crippen molar-refractivity contribution in [3.63, 3.8) is 0 Å². The molecule has 1 aliphatic heterocycles. The zero-order valence-electron chi connectivity index (χ0n) is 36.3. The maximum absolute atomic E-state index is 6.65. The molecular formula is C48H89NO3. The van der Waals surface area contributed by atoms with Crippen LogP contribution in [0.2, 0.25) is 0 Å². The summed E-state index contributed by atoms with van der Waals surface area (Å²) in [5, 5.41) is 0. The van der Waals surface area contributed by atoms with Crippen LogP contribution in [0.25, 0.3) is 0 Å². The van der Waals surface area contributed by atoms with Crippen molar-refractivity contribution in [1.82, 2.24) is 4.90 Å². The van der Waals surface area contributed by atoms with Crippen LogP contribution < -0.4 is 0 Å². The van der Waals surface area contributed by atoms with E-state index in [0.717, 1.165) is 32.1 Å². The molecule has 0 N–H and O–H groups in total. The molecule has 0 aromatic carbocycles. The van der Waals surface area contributed by atoms with E-state index in [1.807, 2.05) is 6.92 Å². The van der Waals surface area contributed by atoms with Crippen molar-refractivity contribution in [3.05, 3.63) is 48.6 Å². The molecule has 0 aromatic rings. The van der Waals surface area contributed by atoms with Gasteiger partial charge in [0.25, 0.3) is 5.97 Å². The lowest BCUT2D eigenvalue weighted by Gasteiger charge is -2.40. The lowest BCUT2D eigenvalue weighted by molar-refractivity contribution is -0.338. The van der Waals surface area contributed by atoms with Crippen molar-refractivity contribution in [2.75, 3.05) is 20.7 Å². The highest BCUT2D eigenvalue weighted by atomic mass is 16.9. The van der Waals surface area contributed by atoms with Gasteiger partial charge in [0.2, 0.25) is 0 Å². The van der Waals surface area contributed by atoms with Crippen LogP contribution >= 0.6 is 0 Å². The van der Waals surface area contributed by atoms with E-state index in [2.05, 4.69) is 109 Å². The minimum atomic E-state index is -0.955. The molecule has 0 radical (unpaired) electrons. The second kappa shape index (κ2) is 30.1. The summed E-state index contributed by atoms with van der Waals surface area (Å²) in [6, 6.07) is 0. The van der Waals surface area contributed by atoms with Crippen LogP contribution in [0.4, 0.5) is 0 Å². The fraction of sp³-hybridized carbons (Fsp3) is 0.833. The molecule has 0 amide bonds. The Hall–Kier alpha value is -1.20. The third-order valence-electron chi connectivity index (χ3n) is 10.9. The molecule has 2 atom stereocenters. The number of rotatable bonds is 34. The van der Waals surface area contributed by atoms with E-state index >= 15 is 0 Å². The summed E-state index contributed by atoms with van der Waals surface area (Å²) in [6.07, 6.45) is 49.9. The Bertz CT molecular complexity index is 891. The minimum absolute atomic E-state index is 0.0113. The molecule has 0 aliphatic carbocycles. The van der Waals surface area contributed by atoms with E-state index in [1.165, 1.54) is 128 Å². The maximum atomic E-state index is 6.65. The van der Waals surface area contributed by atoms with Gasteiger partial charge in [0, 0.05) is 12.5 Å². The van der Waals surface area contributed by atoms with Crippen LogP contribution in [0.5, 0.6) is 0 Å². The number of allylic oxidation sites excluding steroid dienone is 8. The number of unbranched alkanes of at least 4 members (excludes halogenated alkanes) is 16. The Morgan fingerprint density at radius 1 is 0.538 bits per heavy atom. The average Bonchev–Trinajstić information content (AvgIpc) is 3.42. The highest BCUT2D eigenvalue weighted by Crippen LogP contribution is 2.38. The summed E-state index contributed by atoms with van der Waals surface area (Å²) in [7, 11) is 4.33. The van der Waals surface area contributed by atoms with Crippen molar-refractivity contribution < 1.29 is 14.2 Å². The van der Waals surface area contributed by atoms with Gasteiger partial charge < -0.3 is 19.1 Å². The fourth-order valence-electron chi connectivity index (χ4n) is 7.31. The largest absolute Gasteiger partial charge is 0.327 e. The Balaban J connectivity index is 2.45. The monoisotopic (exact) mass is 728 g/mol. The maximum Gasteiger partial charge on any atom is 0.280 e. The Labute approximate surface area is 325 Å². The first-order valence-corrected chi connectivity index (χ1v) is 22.2. The van der Waals surface area contributed by atoms with Gasteiger partial charge in [-0.15, -0.1) is 0 Å². The number of hydrogen-bond acceptors (Lipinski definition) is 4. The van der Waals surface area contributed by atoms with E-state index in [9.17, 15) is 0 Å². The van der Waals surface area contributed by atoms with Crippen molar-refractivity contribution in [2.45, 2.75) is 233 Å². The Morgan fingerprint density at radius 3 is 1.29 bits per heavy atom. The molecule has 1 heterocycles. The number of hydrogen-bond donors (Lipinski definition) is 0. The van der Waals surface area contributed by atoms with Crippen LogP contribution in [0.15, 0.2) is 48.6 Å². The van der Waals surface area contributed by atoms with Crippen molar-refractivity contribution in [3.8, 4) is 0 Å². The van der Waals surface area contributed by atoms with Gasteiger partial charge in [0.05, 0.1) is 18.8 Å². The van der Waals surface area contributed by atoms with Crippen molar-refractivity contribution >= 4 is 0 Å². The fourth-order valence-corrected chi connectivity index (χ4v) is 7.31. The molecule has 1 fully saturated rings. The highest BCUT2D eigenvalue weighted by molar-refractivity contribution is 4.94. The number of ether oxygens (including phenoxy) is 3. The molecule has 4 nitrogen and oxygen atoms in total. The molecule has 1 saturated heterocycles. The molecule has 0 saturated carbocycles. The zero-order chi connectivity index (χ0) is 38.4. The average molecular weight is 728 g/mol. The molecule has 4 heteroatoms. The van der Waals surface area contributed by atoms with Gasteiger partial charge in [-0.25, -0.2) is 0 Å². The van der Waals surface area contributed by atoms with E-state index < -0.39 is 5.97 Å². The topological polar surface area (TPSA) is 30.9 Å². The van der Waals surface area contributed by atoms with E-state index in [0.29, 0.717) is 6.61 Å². The predicted octanol–water partition coefficient (Wildman–Crippen LogP) is 14.8. The van der Waals surface area contributed by atoms with Gasteiger partial charge in [0.1, 0.15) is 0 Å². The van der Waals surface area contributed by atoms with Gasteiger partial charge in [0.15, 0.2) is 0 Å². The zero-order valence-corrected chi connectivity index (χ0v) is 36.3. The summed E-state index contributed by atoms with van der Waals surface area (Å²) < 4.78 is 19.8.